The SMILES string of the molecule is N=C1C(=N)C(=O)C(=S(=O)=O)CC1=O. The van der Waals surface area contributed by atoms with E-state index < -0.39 is 44.6 Å². The minimum Gasteiger partial charge on any atom is -0.295 e. The van der Waals surface area contributed by atoms with Gasteiger partial charge in [-0.25, -0.2) is 0 Å². The largest absolute Gasteiger partial charge is 0.295 e. The van der Waals surface area contributed by atoms with Crippen LogP contribution < -0.4 is 0 Å². The van der Waals surface area contributed by atoms with E-state index in [1.54, 1.807) is 0 Å². The molecule has 0 heterocycles. The summed E-state index contributed by atoms with van der Waals surface area (Å²) in [5, 5.41) is 13.9. The summed E-state index contributed by atoms with van der Waals surface area (Å²) in [6, 6.07) is 0. The Morgan fingerprint density at radius 1 is 1.08 bits per heavy atom. The van der Waals surface area contributed by atoms with E-state index in [4.69, 9.17) is 10.8 Å². The van der Waals surface area contributed by atoms with E-state index in [0.717, 1.165) is 0 Å². The van der Waals surface area contributed by atoms with Crippen molar-refractivity contribution in [1.29, 1.82) is 10.8 Å². The summed E-state index contributed by atoms with van der Waals surface area (Å²) in [6.07, 6.45) is -0.601. The summed E-state index contributed by atoms with van der Waals surface area (Å²) in [6.45, 7) is 0. The normalized spacial score (nSPS) is 18.0. The zero-order valence-corrected chi connectivity index (χ0v) is 7.06. The molecular formula is C6H4N2O4S. The standard InChI is InChI=1S/C6H4N2O4S/c7-4-2(9)1-3(13(11)12)6(10)5(4)8/h7-8H,1H2. The van der Waals surface area contributed by atoms with Crippen molar-refractivity contribution in [3.05, 3.63) is 0 Å². The highest BCUT2D eigenvalue weighted by Gasteiger charge is 2.33. The fourth-order valence-corrected chi connectivity index (χ4v) is 1.34. The van der Waals surface area contributed by atoms with Crippen molar-refractivity contribution in [3.8, 4) is 0 Å². The average molecular weight is 200 g/mol. The predicted octanol–water partition coefficient (Wildman–Crippen LogP) is -1.38. The third-order valence-electron chi connectivity index (χ3n) is 1.53. The van der Waals surface area contributed by atoms with Gasteiger partial charge in [-0.2, -0.15) is 8.42 Å². The molecule has 1 rings (SSSR count). The lowest BCUT2D eigenvalue weighted by Crippen LogP contribution is -2.41. The molecule has 0 radical (unpaired) electrons. The van der Waals surface area contributed by atoms with E-state index in [0.29, 0.717) is 0 Å². The van der Waals surface area contributed by atoms with Crippen molar-refractivity contribution in [3.63, 3.8) is 0 Å². The molecule has 1 saturated carbocycles. The first-order chi connectivity index (χ1) is 5.95. The van der Waals surface area contributed by atoms with Crippen LogP contribution in [0.4, 0.5) is 0 Å². The van der Waals surface area contributed by atoms with Crippen LogP contribution in [0.25, 0.3) is 0 Å². The minimum absolute atomic E-state index is 0.601. The van der Waals surface area contributed by atoms with Crippen LogP contribution >= 0.6 is 0 Å². The van der Waals surface area contributed by atoms with E-state index in [1.807, 2.05) is 0 Å². The second-order valence-corrected chi connectivity index (χ2v) is 3.30. The Bertz CT molecular complexity index is 463. The summed E-state index contributed by atoms with van der Waals surface area (Å²) >= 11 is 0. The molecule has 0 aliphatic heterocycles. The van der Waals surface area contributed by atoms with Crippen LogP contribution in [0.5, 0.6) is 0 Å². The Morgan fingerprint density at radius 3 is 2.08 bits per heavy atom. The number of hydrogen-bond donors (Lipinski definition) is 2. The molecule has 1 aliphatic carbocycles. The average Bonchev–Trinajstić information content (AvgIpc) is 2.07. The lowest BCUT2D eigenvalue weighted by Gasteiger charge is -2.09. The summed E-state index contributed by atoms with van der Waals surface area (Å²) < 4.78 is 20.8. The molecule has 0 unspecified atom stereocenters. The highest BCUT2D eigenvalue weighted by atomic mass is 32.2. The van der Waals surface area contributed by atoms with E-state index in [-0.39, 0.29) is 0 Å². The second kappa shape index (κ2) is 3.02. The van der Waals surface area contributed by atoms with Gasteiger partial charge < -0.3 is 0 Å². The third kappa shape index (κ3) is 1.45. The van der Waals surface area contributed by atoms with Crippen molar-refractivity contribution in [2.75, 3.05) is 0 Å². The van der Waals surface area contributed by atoms with Gasteiger partial charge in [-0.05, 0) is 0 Å². The van der Waals surface area contributed by atoms with E-state index >= 15 is 0 Å². The van der Waals surface area contributed by atoms with Crippen molar-refractivity contribution >= 4 is 38.1 Å². The Balaban J connectivity index is 3.35. The first kappa shape index (κ1) is 9.46. The van der Waals surface area contributed by atoms with Gasteiger partial charge in [0.15, 0.2) is 5.78 Å². The Kier molecular flexibility index (Phi) is 2.20. The van der Waals surface area contributed by atoms with Gasteiger partial charge in [0.05, 0.1) is 6.42 Å². The van der Waals surface area contributed by atoms with Gasteiger partial charge >= 0.3 is 0 Å². The Hall–Kier alpha value is -1.63. The van der Waals surface area contributed by atoms with Gasteiger partial charge in [0.1, 0.15) is 16.3 Å². The first-order valence-electron chi connectivity index (χ1n) is 3.15. The summed E-state index contributed by atoms with van der Waals surface area (Å²) in [5.74, 6) is -1.87. The molecule has 0 atom stereocenters. The zero-order valence-electron chi connectivity index (χ0n) is 6.25. The smallest absolute Gasteiger partial charge is 0.224 e. The van der Waals surface area contributed by atoms with E-state index in [1.165, 1.54) is 0 Å². The van der Waals surface area contributed by atoms with Crippen molar-refractivity contribution in [1.82, 2.24) is 0 Å². The number of ketones is 2. The van der Waals surface area contributed by atoms with Crippen LogP contribution in [-0.4, -0.2) is 36.3 Å². The van der Waals surface area contributed by atoms with Crippen molar-refractivity contribution < 1.29 is 18.0 Å². The van der Waals surface area contributed by atoms with E-state index in [2.05, 4.69) is 0 Å². The highest BCUT2D eigenvalue weighted by molar-refractivity contribution is 7.75. The quantitative estimate of drug-likeness (QED) is 0.468. The topological polar surface area (TPSA) is 116 Å². The molecule has 0 bridgehead atoms. The molecule has 7 heteroatoms. The van der Waals surface area contributed by atoms with Gasteiger partial charge in [-0.3, -0.25) is 20.4 Å². The number of rotatable bonds is 0. The molecule has 2 N–H and O–H groups in total. The molecule has 6 nitrogen and oxygen atoms in total. The Labute approximate surface area is 74.1 Å². The molecule has 1 fully saturated rings. The van der Waals surface area contributed by atoms with Crippen LogP contribution in [0, 0.1) is 10.8 Å². The fourth-order valence-electron chi connectivity index (χ4n) is 0.841. The first-order valence-corrected chi connectivity index (χ1v) is 4.23. The maximum atomic E-state index is 11.0. The van der Waals surface area contributed by atoms with Gasteiger partial charge in [-0.15, -0.1) is 0 Å². The molecule has 0 aromatic heterocycles. The molecule has 0 amide bonds. The van der Waals surface area contributed by atoms with Crippen LogP contribution in [0.3, 0.4) is 0 Å². The summed E-state index contributed by atoms with van der Waals surface area (Å²) in [5.41, 5.74) is -1.57. The molecule has 13 heavy (non-hydrogen) atoms. The second-order valence-electron chi connectivity index (χ2n) is 2.34. The Morgan fingerprint density at radius 2 is 1.62 bits per heavy atom. The number of Topliss-reactive ketones (excluding diaryl/α,β-unsaturated/α-hetero) is 2. The van der Waals surface area contributed by atoms with Gasteiger partial charge in [0.2, 0.25) is 16.1 Å². The van der Waals surface area contributed by atoms with Crippen LogP contribution in [0.2, 0.25) is 0 Å². The van der Waals surface area contributed by atoms with Gasteiger partial charge in [0, 0.05) is 0 Å². The minimum atomic E-state index is -2.78. The highest BCUT2D eigenvalue weighted by Crippen LogP contribution is 2.02. The van der Waals surface area contributed by atoms with Crippen molar-refractivity contribution in [2.45, 2.75) is 6.42 Å². The van der Waals surface area contributed by atoms with Crippen LogP contribution in [0.1, 0.15) is 6.42 Å². The fraction of sp³-hybridized carbons (Fsp3) is 0.167. The molecule has 0 aromatic carbocycles. The summed E-state index contributed by atoms with van der Waals surface area (Å²) in [7, 11) is -2.78. The maximum absolute atomic E-state index is 11.0. The third-order valence-corrected chi connectivity index (χ3v) is 2.26. The van der Waals surface area contributed by atoms with Gasteiger partial charge in [0.25, 0.3) is 0 Å². The molecule has 1 aliphatic rings. The van der Waals surface area contributed by atoms with Crippen LogP contribution in [0.15, 0.2) is 0 Å². The number of carbonyl (C=O) groups excluding carboxylic acids is 2. The van der Waals surface area contributed by atoms with Crippen molar-refractivity contribution in [2.24, 2.45) is 0 Å². The lowest BCUT2D eigenvalue weighted by molar-refractivity contribution is -0.113. The summed E-state index contributed by atoms with van der Waals surface area (Å²) in [4.78, 5) is 21.2. The number of carbonyl (C=O) groups is 2. The molecule has 68 valence electrons. The predicted molar refractivity (Wildman–Crippen MR) is 44.0 cm³/mol. The van der Waals surface area contributed by atoms with Gasteiger partial charge in [-0.1, -0.05) is 0 Å². The zero-order chi connectivity index (χ0) is 10.2. The number of nitrogens with one attached hydrogen (secondary N) is 2. The lowest BCUT2D eigenvalue weighted by atomic mass is 9.94. The molecule has 0 spiro atoms. The molecule has 0 saturated heterocycles. The molecule has 0 aromatic rings. The van der Waals surface area contributed by atoms with E-state index in [9.17, 15) is 18.0 Å². The maximum Gasteiger partial charge on any atom is 0.224 e. The number of hydrogen-bond acceptors (Lipinski definition) is 6. The monoisotopic (exact) mass is 200 g/mol. The van der Waals surface area contributed by atoms with Crippen LogP contribution in [-0.2, 0) is 19.9 Å². The molecular weight excluding hydrogens is 196 g/mol.